The summed E-state index contributed by atoms with van der Waals surface area (Å²) in [6.45, 7) is 0.507. The van der Waals surface area contributed by atoms with Crippen LogP contribution in [-0.2, 0) is 29.4 Å². The topological polar surface area (TPSA) is 76.0 Å². The van der Waals surface area contributed by atoms with Crippen molar-refractivity contribution < 1.29 is 9.59 Å². The van der Waals surface area contributed by atoms with Gasteiger partial charge in [0, 0.05) is 29.2 Å². The standard InChI is InChI=1S/C25H22N4O2S/c30-23(26-13-17-6-2-1-3-7-17)14-29-24(21-15-32-16-22(21)28-29)27-25(31)20-11-10-18-8-4-5-9-19(18)12-20/h1-12H,13-16H2,(H,26,30)(H,27,31). The molecule has 1 aliphatic rings. The monoisotopic (exact) mass is 442 g/mol. The summed E-state index contributed by atoms with van der Waals surface area (Å²) in [7, 11) is 0. The predicted octanol–water partition coefficient (Wildman–Crippen LogP) is 4.35. The highest BCUT2D eigenvalue weighted by atomic mass is 32.2. The summed E-state index contributed by atoms with van der Waals surface area (Å²) in [6.07, 6.45) is 0. The van der Waals surface area contributed by atoms with Gasteiger partial charge < -0.3 is 10.6 Å². The number of thioether (sulfide) groups is 1. The highest BCUT2D eigenvalue weighted by Crippen LogP contribution is 2.35. The van der Waals surface area contributed by atoms with E-state index in [1.807, 2.05) is 72.8 Å². The lowest BCUT2D eigenvalue weighted by Crippen LogP contribution is -2.28. The van der Waals surface area contributed by atoms with E-state index in [1.54, 1.807) is 16.4 Å². The zero-order valence-corrected chi connectivity index (χ0v) is 18.2. The van der Waals surface area contributed by atoms with Gasteiger partial charge in [0.25, 0.3) is 5.91 Å². The highest BCUT2D eigenvalue weighted by Gasteiger charge is 2.25. The zero-order chi connectivity index (χ0) is 21.9. The van der Waals surface area contributed by atoms with Crippen molar-refractivity contribution in [3.63, 3.8) is 0 Å². The van der Waals surface area contributed by atoms with Crippen LogP contribution in [0.25, 0.3) is 10.8 Å². The average molecular weight is 443 g/mol. The summed E-state index contributed by atoms with van der Waals surface area (Å²) in [5.41, 5.74) is 3.54. The molecule has 0 spiro atoms. The van der Waals surface area contributed by atoms with Gasteiger partial charge in [-0.3, -0.25) is 9.59 Å². The van der Waals surface area contributed by atoms with Gasteiger partial charge in [0.2, 0.25) is 5.91 Å². The van der Waals surface area contributed by atoms with Gasteiger partial charge in [0.15, 0.2) is 0 Å². The third-order valence-electron chi connectivity index (χ3n) is 5.49. The minimum Gasteiger partial charge on any atom is -0.350 e. The lowest BCUT2D eigenvalue weighted by molar-refractivity contribution is -0.122. The van der Waals surface area contributed by atoms with Crippen molar-refractivity contribution in [2.45, 2.75) is 24.6 Å². The fourth-order valence-electron chi connectivity index (χ4n) is 3.82. The van der Waals surface area contributed by atoms with E-state index in [4.69, 9.17) is 0 Å². The second kappa shape index (κ2) is 8.88. The van der Waals surface area contributed by atoms with Gasteiger partial charge in [-0.25, -0.2) is 4.68 Å². The van der Waals surface area contributed by atoms with Crippen LogP contribution in [0.4, 0.5) is 5.82 Å². The third-order valence-corrected chi connectivity index (χ3v) is 6.46. The van der Waals surface area contributed by atoms with Gasteiger partial charge in [0.1, 0.15) is 12.4 Å². The van der Waals surface area contributed by atoms with Crippen LogP contribution in [0.15, 0.2) is 72.8 Å². The number of fused-ring (bicyclic) bond motifs is 2. The molecule has 2 N–H and O–H groups in total. The Morgan fingerprint density at radius 1 is 0.938 bits per heavy atom. The predicted molar refractivity (Wildman–Crippen MR) is 127 cm³/mol. The maximum atomic E-state index is 13.0. The number of aromatic nitrogens is 2. The molecule has 0 bridgehead atoms. The first kappa shape index (κ1) is 20.3. The molecule has 5 rings (SSSR count). The molecule has 0 fully saturated rings. The van der Waals surface area contributed by atoms with Gasteiger partial charge in [-0.15, -0.1) is 0 Å². The molecule has 1 aromatic heterocycles. The van der Waals surface area contributed by atoms with E-state index in [0.29, 0.717) is 17.9 Å². The van der Waals surface area contributed by atoms with Crippen molar-refractivity contribution in [1.29, 1.82) is 0 Å². The fourth-order valence-corrected chi connectivity index (χ4v) is 4.85. The summed E-state index contributed by atoms with van der Waals surface area (Å²) in [5, 5.41) is 12.6. The van der Waals surface area contributed by atoms with E-state index >= 15 is 0 Å². The number of carbonyl (C=O) groups excluding carboxylic acids is 2. The quantitative estimate of drug-likeness (QED) is 0.465. The number of nitrogens with zero attached hydrogens (tertiary/aromatic N) is 2. The molecule has 2 heterocycles. The maximum absolute atomic E-state index is 13.0. The van der Waals surface area contributed by atoms with Gasteiger partial charge in [-0.1, -0.05) is 60.7 Å². The van der Waals surface area contributed by atoms with Crippen LogP contribution in [0, 0.1) is 0 Å². The third kappa shape index (κ3) is 4.24. The van der Waals surface area contributed by atoms with Crippen molar-refractivity contribution in [2.75, 3.05) is 5.32 Å². The molecule has 0 unspecified atom stereocenters. The minimum atomic E-state index is -0.207. The van der Waals surface area contributed by atoms with Crippen LogP contribution >= 0.6 is 11.8 Å². The Hall–Kier alpha value is -3.58. The first-order valence-electron chi connectivity index (χ1n) is 10.4. The molecule has 3 aromatic carbocycles. The molecule has 0 saturated carbocycles. The van der Waals surface area contributed by atoms with Gasteiger partial charge in [0.05, 0.1) is 5.69 Å². The summed E-state index contributed by atoms with van der Waals surface area (Å²) in [4.78, 5) is 25.6. The van der Waals surface area contributed by atoms with E-state index in [9.17, 15) is 9.59 Å². The van der Waals surface area contributed by atoms with Crippen LogP contribution in [0.2, 0.25) is 0 Å². The Morgan fingerprint density at radius 3 is 2.56 bits per heavy atom. The van der Waals surface area contributed by atoms with Crippen molar-refractivity contribution >= 4 is 40.2 Å². The van der Waals surface area contributed by atoms with E-state index in [1.165, 1.54) is 0 Å². The molecular formula is C25H22N4O2S. The molecule has 0 aliphatic carbocycles. The van der Waals surface area contributed by atoms with Crippen LogP contribution in [0.5, 0.6) is 0 Å². The Morgan fingerprint density at radius 2 is 1.72 bits per heavy atom. The van der Waals surface area contributed by atoms with Crippen molar-refractivity contribution in [1.82, 2.24) is 15.1 Å². The smallest absolute Gasteiger partial charge is 0.256 e. The number of amides is 2. The van der Waals surface area contributed by atoms with Crippen LogP contribution in [0.3, 0.4) is 0 Å². The largest absolute Gasteiger partial charge is 0.350 e. The first-order chi connectivity index (χ1) is 15.7. The second-order valence-electron chi connectivity index (χ2n) is 7.70. The van der Waals surface area contributed by atoms with E-state index in [-0.39, 0.29) is 18.4 Å². The molecule has 32 heavy (non-hydrogen) atoms. The summed E-state index contributed by atoms with van der Waals surface area (Å²) < 4.78 is 1.61. The number of hydrogen-bond acceptors (Lipinski definition) is 4. The molecule has 0 saturated heterocycles. The number of hydrogen-bond donors (Lipinski definition) is 2. The van der Waals surface area contributed by atoms with Crippen LogP contribution in [0.1, 0.15) is 27.2 Å². The normalized spacial score (nSPS) is 12.5. The maximum Gasteiger partial charge on any atom is 0.256 e. The second-order valence-corrected chi connectivity index (χ2v) is 8.69. The van der Waals surface area contributed by atoms with Gasteiger partial charge in [-0.2, -0.15) is 16.9 Å². The van der Waals surface area contributed by atoms with Crippen LogP contribution < -0.4 is 10.6 Å². The van der Waals surface area contributed by atoms with E-state index < -0.39 is 0 Å². The SMILES string of the molecule is O=C(Cn1nc2c(c1NC(=O)c1ccc3ccccc3c1)CSC2)NCc1ccccc1. The number of carbonyl (C=O) groups is 2. The number of benzene rings is 3. The Labute approximate surface area is 190 Å². The van der Waals surface area contributed by atoms with Crippen molar-refractivity contribution in [3.8, 4) is 0 Å². The molecule has 0 atom stereocenters. The summed E-state index contributed by atoms with van der Waals surface area (Å²) in [5.74, 6) is 1.81. The van der Waals surface area contributed by atoms with Crippen molar-refractivity contribution in [3.05, 3.63) is 95.2 Å². The molecule has 0 radical (unpaired) electrons. The molecule has 160 valence electrons. The number of nitrogens with one attached hydrogen (secondary N) is 2. The molecule has 6 nitrogen and oxygen atoms in total. The summed E-state index contributed by atoms with van der Waals surface area (Å²) >= 11 is 1.76. The minimum absolute atomic E-state index is 0.0534. The van der Waals surface area contributed by atoms with Crippen molar-refractivity contribution in [2.24, 2.45) is 0 Å². The Balaban J connectivity index is 1.34. The van der Waals surface area contributed by atoms with E-state index in [0.717, 1.165) is 39.1 Å². The number of rotatable bonds is 6. The lowest BCUT2D eigenvalue weighted by atomic mass is 10.1. The Bertz CT molecular complexity index is 1300. The highest BCUT2D eigenvalue weighted by molar-refractivity contribution is 7.98. The number of anilines is 1. The van der Waals surface area contributed by atoms with E-state index in [2.05, 4.69) is 15.7 Å². The summed E-state index contributed by atoms with van der Waals surface area (Å²) in [6, 6.07) is 23.3. The molecule has 7 heteroatoms. The Kier molecular flexibility index (Phi) is 5.64. The first-order valence-corrected chi connectivity index (χ1v) is 11.6. The van der Waals surface area contributed by atoms with Gasteiger partial charge in [-0.05, 0) is 28.5 Å². The lowest BCUT2D eigenvalue weighted by Gasteiger charge is -2.12. The fraction of sp³-hybridized carbons (Fsp3) is 0.160. The van der Waals surface area contributed by atoms with Gasteiger partial charge >= 0.3 is 0 Å². The molecule has 2 amide bonds. The van der Waals surface area contributed by atoms with Crippen LogP contribution in [-0.4, -0.2) is 21.6 Å². The molecular weight excluding hydrogens is 420 g/mol. The zero-order valence-electron chi connectivity index (χ0n) is 17.4. The molecule has 1 aliphatic heterocycles. The molecule has 4 aromatic rings. The average Bonchev–Trinajstić information content (AvgIpc) is 3.40.